The molecule has 3 N–H and O–H groups in total. The molecule has 0 aliphatic heterocycles. The minimum Gasteiger partial charge on any atom is -0.394 e. The van der Waals surface area contributed by atoms with E-state index in [1.807, 2.05) is 27.7 Å². The number of nitrogens with two attached hydrogens (primary N) is 1. The van der Waals surface area contributed by atoms with E-state index in [-0.39, 0.29) is 12.5 Å². The molecule has 0 spiro atoms. The van der Waals surface area contributed by atoms with Crippen LogP contribution in [0.4, 0.5) is 11.5 Å². The molecule has 0 saturated heterocycles. The number of likely N-dealkylation sites (N-methyl/N-ethyl adjacent to an activating group) is 1. The van der Waals surface area contributed by atoms with Gasteiger partial charge in [-0.15, -0.1) is 0 Å². The van der Waals surface area contributed by atoms with E-state index in [2.05, 4.69) is 10.4 Å². The third-order valence-corrected chi connectivity index (χ3v) is 3.00. The van der Waals surface area contributed by atoms with Crippen LogP contribution in [-0.2, 0) is 11.3 Å². The zero-order valence-electron chi connectivity index (χ0n) is 11.7. The summed E-state index contributed by atoms with van der Waals surface area (Å²) in [6, 6.07) is 0. The van der Waals surface area contributed by atoms with E-state index in [1.165, 1.54) is 0 Å². The molecule has 0 atom stereocenters. The molecule has 0 aliphatic carbocycles. The first-order chi connectivity index (χ1) is 8.54. The molecule has 1 rings (SSSR count). The first-order valence-corrected chi connectivity index (χ1v) is 6.39. The van der Waals surface area contributed by atoms with E-state index < -0.39 is 0 Å². The topological polar surface area (TPSA) is 76.2 Å². The number of rotatable bonds is 6. The fourth-order valence-corrected chi connectivity index (χ4v) is 1.86. The number of hydrogen-bond donors (Lipinski definition) is 2. The molecule has 0 aromatic carbocycles. The molecule has 1 amide bonds. The van der Waals surface area contributed by atoms with Crippen molar-refractivity contribution in [1.82, 2.24) is 14.7 Å². The number of hydrogen-bond acceptors (Lipinski definition) is 4. The van der Waals surface area contributed by atoms with Crippen molar-refractivity contribution in [3.63, 3.8) is 0 Å². The standard InChI is InChI=1S/C12H23N5O/c1-5-16(6-2)10(18)8-14-12-11(13)9(4)15-17(12)7-3/h14H,5-8,13H2,1-4H3. The maximum atomic E-state index is 11.9. The van der Waals surface area contributed by atoms with Crippen molar-refractivity contribution in [3.05, 3.63) is 5.69 Å². The highest BCUT2D eigenvalue weighted by atomic mass is 16.2. The molecular formula is C12H23N5O. The van der Waals surface area contributed by atoms with Crippen molar-refractivity contribution in [2.24, 2.45) is 0 Å². The third kappa shape index (κ3) is 2.94. The molecule has 6 heteroatoms. The van der Waals surface area contributed by atoms with Crippen LogP contribution in [-0.4, -0.2) is 40.2 Å². The Balaban J connectivity index is 2.71. The lowest BCUT2D eigenvalue weighted by Crippen LogP contribution is -2.35. The van der Waals surface area contributed by atoms with E-state index in [4.69, 9.17) is 5.73 Å². The molecule has 0 fully saturated rings. The Hall–Kier alpha value is -1.72. The summed E-state index contributed by atoms with van der Waals surface area (Å²) in [6.07, 6.45) is 0. The lowest BCUT2D eigenvalue weighted by Gasteiger charge is -2.19. The van der Waals surface area contributed by atoms with Gasteiger partial charge in [-0.3, -0.25) is 4.79 Å². The molecule has 6 nitrogen and oxygen atoms in total. The normalized spacial score (nSPS) is 10.4. The second-order valence-corrected chi connectivity index (χ2v) is 4.08. The number of nitrogen functional groups attached to an aromatic ring is 1. The van der Waals surface area contributed by atoms with Gasteiger partial charge in [0.25, 0.3) is 0 Å². The van der Waals surface area contributed by atoms with Gasteiger partial charge in [0.15, 0.2) is 0 Å². The maximum Gasteiger partial charge on any atom is 0.241 e. The molecular weight excluding hydrogens is 230 g/mol. The first-order valence-electron chi connectivity index (χ1n) is 6.39. The highest BCUT2D eigenvalue weighted by Crippen LogP contribution is 2.21. The van der Waals surface area contributed by atoms with Crippen LogP contribution in [0.15, 0.2) is 0 Å². The highest BCUT2D eigenvalue weighted by molar-refractivity contribution is 5.81. The Morgan fingerprint density at radius 3 is 2.50 bits per heavy atom. The van der Waals surface area contributed by atoms with Crippen molar-refractivity contribution in [3.8, 4) is 0 Å². The summed E-state index contributed by atoms with van der Waals surface area (Å²) in [7, 11) is 0. The van der Waals surface area contributed by atoms with Crippen molar-refractivity contribution >= 4 is 17.4 Å². The van der Waals surface area contributed by atoms with Gasteiger partial charge in [-0.05, 0) is 27.7 Å². The van der Waals surface area contributed by atoms with Crippen molar-refractivity contribution in [2.75, 3.05) is 30.7 Å². The largest absolute Gasteiger partial charge is 0.394 e. The van der Waals surface area contributed by atoms with Crippen LogP contribution in [0.5, 0.6) is 0 Å². The number of nitrogens with zero attached hydrogens (tertiary/aromatic N) is 3. The number of carbonyl (C=O) groups excluding carboxylic acids is 1. The van der Waals surface area contributed by atoms with E-state index in [0.717, 1.165) is 31.1 Å². The second kappa shape index (κ2) is 6.28. The van der Waals surface area contributed by atoms with E-state index in [9.17, 15) is 4.79 Å². The number of aromatic nitrogens is 2. The van der Waals surface area contributed by atoms with Crippen LogP contribution in [0.2, 0.25) is 0 Å². The van der Waals surface area contributed by atoms with Crippen molar-refractivity contribution in [1.29, 1.82) is 0 Å². The SMILES string of the molecule is CCN(CC)C(=O)CNc1c(N)c(C)nn1CC. The Morgan fingerprint density at radius 2 is 2.00 bits per heavy atom. The van der Waals surface area contributed by atoms with Crippen molar-refractivity contribution in [2.45, 2.75) is 34.2 Å². The number of nitrogens with one attached hydrogen (secondary N) is 1. The van der Waals surface area contributed by atoms with Crippen LogP contribution >= 0.6 is 0 Å². The average molecular weight is 253 g/mol. The Kier molecular flexibility index (Phi) is 5.00. The van der Waals surface area contributed by atoms with Gasteiger partial charge in [0.1, 0.15) is 5.82 Å². The monoisotopic (exact) mass is 253 g/mol. The molecule has 102 valence electrons. The van der Waals surface area contributed by atoms with Crippen LogP contribution in [0.3, 0.4) is 0 Å². The Morgan fingerprint density at radius 1 is 1.39 bits per heavy atom. The first kappa shape index (κ1) is 14.3. The fraction of sp³-hybridized carbons (Fsp3) is 0.667. The molecule has 0 saturated carbocycles. The summed E-state index contributed by atoms with van der Waals surface area (Å²) in [4.78, 5) is 13.7. The second-order valence-electron chi connectivity index (χ2n) is 4.08. The van der Waals surface area contributed by atoms with Crippen molar-refractivity contribution < 1.29 is 4.79 Å². The maximum absolute atomic E-state index is 11.9. The van der Waals surface area contributed by atoms with Gasteiger partial charge in [0, 0.05) is 19.6 Å². The number of anilines is 2. The molecule has 1 aromatic heterocycles. The molecule has 1 aromatic rings. The minimum atomic E-state index is 0.0703. The summed E-state index contributed by atoms with van der Waals surface area (Å²) < 4.78 is 1.78. The van der Waals surface area contributed by atoms with E-state index in [0.29, 0.717) is 5.69 Å². The molecule has 18 heavy (non-hydrogen) atoms. The quantitative estimate of drug-likeness (QED) is 0.795. The van der Waals surface area contributed by atoms with Crippen LogP contribution < -0.4 is 11.1 Å². The Bertz CT molecular complexity index is 409. The molecule has 1 heterocycles. The van der Waals surface area contributed by atoms with E-state index >= 15 is 0 Å². The summed E-state index contributed by atoms with van der Waals surface area (Å²) in [6.45, 7) is 10.2. The zero-order valence-corrected chi connectivity index (χ0v) is 11.7. The van der Waals surface area contributed by atoms with Gasteiger partial charge < -0.3 is 16.0 Å². The zero-order chi connectivity index (χ0) is 13.7. The lowest BCUT2D eigenvalue weighted by atomic mass is 10.3. The lowest BCUT2D eigenvalue weighted by molar-refractivity contribution is -0.128. The summed E-state index contributed by atoms with van der Waals surface area (Å²) in [5.74, 6) is 0.802. The predicted molar refractivity (Wildman–Crippen MR) is 73.5 cm³/mol. The molecule has 0 radical (unpaired) electrons. The van der Waals surface area contributed by atoms with Crippen LogP contribution in [0, 0.1) is 6.92 Å². The van der Waals surface area contributed by atoms with Gasteiger partial charge >= 0.3 is 0 Å². The number of aryl methyl sites for hydroxylation is 2. The summed E-state index contributed by atoms with van der Waals surface area (Å²) in [5.41, 5.74) is 7.34. The average Bonchev–Trinajstić information content (AvgIpc) is 2.64. The van der Waals surface area contributed by atoms with E-state index in [1.54, 1.807) is 9.58 Å². The van der Waals surface area contributed by atoms with Gasteiger partial charge in [-0.1, -0.05) is 0 Å². The molecule has 0 bridgehead atoms. The summed E-state index contributed by atoms with van der Waals surface area (Å²) >= 11 is 0. The molecule has 0 aliphatic rings. The predicted octanol–water partition coefficient (Wildman–Crippen LogP) is 1.07. The highest BCUT2D eigenvalue weighted by Gasteiger charge is 2.14. The van der Waals surface area contributed by atoms with Crippen LogP contribution in [0.1, 0.15) is 26.5 Å². The van der Waals surface area contributed by atoms with Gasteiger partial charge in [-0.25, -0.2) is 4.68 Å². The smallest absolute Gasteiger partial charge is 0.241 e. The summed E-state index contributed by atoms with van der Waals surface area (Å²) in [5, 5.41) is 7.38. The van der Waals surface area contributed by atoms with Gasteiger partial charge in [-0.2, -0.15) is 5.10 Å². The minimum absolute atomic E-state index is 0.0703. The fourth-order valence-electron chi connectivity index (χ4n) is 1.86. The third-order valence-electron chi connectivity index (χ3n) is 3.00. The van der Waals surface area contributed by atoms with Gasteiger partial charge in [0.2, 0.25) is 5.91 Å². The Labute approximate surface area is 108 Å². The van der Waals surface area contributed by atoms with Gasteiger partial charge in [0.05, 0.1) is 17.9 Å². The molecule has 0 unspecified atom stereocenters. The number of amides is 1. The van der Waals surface area contributed by atoms with Crippen LogP contribution in [0.25, 0.3) is 0 Å². The number of carbonyl (C=O) groups is 1.